The minimum atomic E-state index is -2.36. The summed E-state index contributed by atoms with van der Waals surface area (Å²) in [7, 11) is -2.36. The van der Waals surface area contributed by atoms with Crippen molar-refractivity contribution in [3.63, 3.8) is 0 Å². The summed E-state index contributed by atoms with van der Waals surface area (Å²) in [5, 5.41) is 21.6. The van der Waals surface area contributed by atoms with Crippen LogP contribution in [0.3, 0.4) is 0 Å². The van der Waals surface area contributed by atoms with E-state index in [1.54, 1.807) is 0 Å². The predicted molar refractivity (Wildman–Crippen MR) is 181 cm³/mol. The van der Waals surface area contributed by atoms with E-state index in [-0.39, 0.29) is 40.6 Å². The fourth-order valence-electron chi connectivity index (χ4n) is 5.53. The SMILES string of the molecule is CCCCCCCCCCCCCCCC(=O)[PH-](NC(CO)C(=O)O)C(=O)CCCCCCCCCCCCCCC.[Na+]. The molecule has 0 spiro atoms. The van der Waals surface area contributed by atoms with Crippen LogP contribution in [0.5, 0.6) is 0 Å². The van der Waals surface area contributed by atoms with Gasteiger partial charge in [-0.05, 0) is 0 Å². The van der Waals surface area contributed by atoms with Crippen LogP contribution in [0.2, 0.25) is 0 Å². The van der Waals surface area contributed by atoms with Crippen molar-refractivity contribution in [3.05, 3.63) is 0 Å². The van der Waals surface area contributed by atoms with Crippen molar-refractivity contribution in [2.75, 3.05) is 6.61 Å². The predicted octanol–water partition coefficient (Wildman–Crippen LogP) is 7.17. The van der Waals surface area contributed by atoms with E-state index in [0.717, 1.165) is 38.5 Å². The van der Waals surface area contributed by atoms with E-state index in [4.69, 9.17) is 0 Å². The molecule has 0 aliphatic heterocycles. The molecule has 0 saturated carbocycles. The van der Waals surface area contributed by atoms with Gasteiger partial charge in [-0.3, -0.25) is 0 Å². The Morgan fingerprint density at radius 3 is 1.00 bits per heavy atom. The summed E-state index contributed by atoms with van der Waals surface area (Å²) in [5.74, 6) is -1.22. The molecule has 1 atom stereocenters. The fraction of sp³-hybridized carbons (Fsp3) is 0.914. The normalized spacial score (nSPS) is 12.1. The first-order valence-corrected chi connectivity index (χ1v) is 19.5. The van der Waals surface area contributed by atoms with E-state index in [0.29, 0.717) is 12.8 Å². The monoisotopic (exact) mass is 637 g/mol. The van der Waals surface area contributed by atoms with Crippen molar-refractivity contribution >= 4 is 25.1 Å². The summed E-state index contributed by atoms with van der Waals surface area (Å²) in [4.78, 5) is 37.4. The number of aliphatic hydroxyl groups excluding tert-OH is 1. The Hall–Kier alpha value is 0.160. The van der Waals surface area contributed by atoms with Gasteiger partial charge in [0.25, 0.3) is 0 Å². The number of aliphatic carboxylic acids is 1. The number of aliphatic hydroxyl groups is 1. The van der Waals surface area contributed by atoms with Crippen LogP contribution in [0.4, 0.5) is 0 Å². The molecule has 0 heterocycles. The number of carbonyl (C=O) groups excluding carboxylic acids is 2. The molecule has 8 heteroatoms. The van der Waals surface area contributed by atoms with Gasteiger partial charge in [0.05, 0.1) is 0 Å². The standard InChI is InChI=1S/C35H69NO5P.Na/c1-3-5-7-9-11-13-15-17-19-21-23-25-27-29-33(38)42(36-32(31-37)35(40)41)34(39)30-28-26-24-22-20-18-16-14-12-10-8-6-4-2;/h32,36-37,42H,3-31H2,1-2H3,(H,40,41);/q-1;+1. The molecule has 0 amide bonds. The third kappa shape index (κ3) is 29.3. The molecule has 0 bridgehead atoms. The molecule has 0 aromatic carbocycles. The van der Waals surface area contributed by atoms with E-state index in [2.05, 4.69) is 18.9 Å². The van der Waals surface area contributed by atoms with E-state index >= 15 is 0 Å². The third-order valence-electron chi connectivity index (χ3n) is 8.37. The number of carboxylic acid groups (broad SMARTS) is 1. The molecule has 43 heavy (non-hydrogen) atoms. The molecule has 0 fully saturated rings. The van der Waals surface area contributed by atoms with Gasteiger partial charge in [-0.15, -0.1) is 0 Å². The first-order valence-electron chi connectivity index (χ1n) is 18.0. The Morgan fingerprint density at radius 2 is 0.767 bits per heavy atom. The van der Waals surface area contributed by atoms with Crippen LogP contribution in [0.1, 0.15) is 194 Å². The summed E-state index contributed by atoms with van der Waals surface area (Å²) in [6, 6.07) is -1.26. The smallest absolute Gasteiger partial charge is 0.0654 e. The molecule has 3 N–H and O–H groups in total. The van der Waals surface area contributed by atoms with Crippen LogP contribution >= 0.6 is 8.07 Å². The zero-order valence-electron chi connectivity index (χ0n) is 28.7. The number of nitrogens with one attached hydrogen (secondary N) is 1. The zero-order chi connectivity index (χ0) is 31.1. The fourth-order valence-corrected chi connectivity index (χ4v) is 7.58. The van der Waals surface area contributed by atoms with Crippen LogP contribution in [0.15, 0.2) is 0 Å². The second kappa shape index (κ2) is 35.0. The molecular weight excluding hydrogens is 568 g/mol. The Balaban J connectivity index is 0. The van der Waals surface area contributed by atoms with Crippen molar-refractivity contribution in [2.45, 2.75) is 200 Å². The van der Waals surface area contributed by atoms with Crippen molar-refractivity contribution in [3.8, 4) is 0 Å². The Morgan fingerprint density at radius 1 is 0.512 bits per heavy atom. The number of carboxylic acids is 1. The first-order chi connectivity index (χ1) is 20.5. The molecule has 0 saturated heterocycles. The second-order valence-electron chi connectivity index (χ2n) is 12.4. The van der Waals surface area contributed by atoms with Crippen LogP contribution < -0.4 is 34.6 Å². The van der Waals surface area contributed by atoms with Gasteiger partial charge < -0.3 is 0 Å². The van der Waals surface area contributed by atoms with Gasteiger partial charge in [-0.2, -0.15) is 0 Å². The molecule has 6 nitrogen and oxygen atoms in total. The average Bonchev–Trinajstić information content (AvgIpc) is 2.98. The number of carbonyl (C=O) groups is 3. The zero-order valence-corrected chi connectivity index (χ0v) is 31.7. The van der Waals surface area contributed by atoms with Crippen molar-refractivity contribution in [2.24, 2.45) is 0 Å². The van der Waals surface area contributed by atoms with E-state index in [1.807, 2.05) is 0 Å². The van der Waals surface area contributed by atoms with Crippen LogP contribution in [-0.2, 0) is 14.4 Å². The van der Waals surface area contributed by atoms with Crippen molar-refractivity contribution in [1.29, 1.82) is 0 Å². The molecule has 0 aliphatic carbocycles. The molecular formula is C35H69NNaO5P. The van der Waals surface area contributed by atoms with E-state index in [9.17, 15) is 24.6 Å². The number of hydrogen-bond donors (Lipinski definition) is 3. The van der Waals surface area contributed by atoms with Gasteiger partial charge in [0, 0.05) is 0 Å². The third-order valence-corrected chi connectivity index (χ3v) is 10.6. The second-order valence-corrected chi connectivity index (χ2v) is 14.6. The Bertz CT molecular complexity index is 610. The number of rotatable bonds is 34. The molecule has 0 aromatic heterocycles. The van der Waals surface area contributed by atoms with E-state index < -0.39 is 26.7 Å². The summed E-state index contributed by atoms with van der Waals surface area (Å²) in [6.45, 7) is 3.88. The summed E-state index contributed by atoms with van der Waals surface area (Å²) < 4.78 is 0. The topological polar surface area (TPSA) is 104 Å². The van der Waals surface area contributed by atoms with Gasteiger partial charge in [0.15, 0.2) is 0 Å². The molecule has 0 aliphatic rings. The quantitative estimate of drug-likeness (QED) is 0.0393. The molecule has 0 rings (SSSR count). The average molecular weight is 638 g/mol. The molecule has 1 unspecified atom stereocenters. The number of hydrogen-bond acceptors (Lipinski definition) is 5. The van der Waals surface area contributed by atoms with Gasteiger partial charge in [0.2, 0.25) is 0 Å². The van der Waals surface area contributed by atoms with Crippen LogP contribution in [0.25, 0.3) is 0 Å². The molecule has 0 radical (unpaired) electrons. The van der Waals surface area contributed by atoms with Gasteiger partial charge in [0.1, 0.15) is 0 Å². The summed E-state index contributed by atoms with van der Waals surface area (Å²) in [5.41, 5.74) is -0.273. The van der Waals surface area contributed by atoms with Crippen LogP contribution in [0, 0.1) is 0 Å². The van der Waals surface area contributed by atoms with Crippen molar-refractivity contribution in [1.82, 2.24) is 5.09 Å². The summed E-state index contributed by atoms with van der Waals surface area (Å²) >= 11 is 0. The minimum Gasteiger partial charge on any atom is -0.0654 e. The van der Waals surface area contributed by atoms with Gasteiger partial charge in [-0.25, -0.2) is 0 Å². The Labute approximate surface area is 289 Å². The van der Waals surface area contributed by atoms with Gasteiger partial charge in [-0.1, -0.05) is 52.4 Å². The van der Waals surface area contributed by atoms with E-state index in [1.165, 1.54) is 128 Å². The maximum absolute atomic E-state index is 13.0. The number of unbranched alkanes of at least 4 members (excludes halogenated alkanes) is 24. The van der Waals surface area contributed by atoms with Crippen LogP contribution in [-0.4, -0.2) is 39.9 Å². The molecule has 250 valence electrons. The van der Waals surface area contributed by atoms with Crippen molar-refractivity contribution < 1.29 is 54.2 Å². The van der Waals surface area contributed by atoms with Gasteiger partial charge >= 0.3 is 238 Å². The Kier molecular flexibility index (Phi) is 36.9. The first kappa shape index (κ1) is 45.3. The molecule has 0 aromatic rings. The summed E-state index contributed by atoms with van der Waals surface area (Å²) in [6.07, 6.45) is 32.5. The maximum atomic E-state index is 13.0. The minimum absolute atomic E-state index is 0.